The van der Waals surface area contributed by atoms with Crippen molar-refractivity contribution in [3.8, 4) is 11.5 Å². The van der Waals surface area contributed by atoms with Crippen LogP contribution in [0.4, 0.5) is 5.69 Å². The summed E-state index contributed by atoms with van der Waals surface area (Å²) in [4.78, 5) is 26.0. The zero-order valence-corrected chi connectivity index (χ0v) is 15.9. The molecule has 140 valence electrons. The van der Waals surface area contributed by atoms with Crippen molar-refractivity contribution in [1.82, 2.24) is 10.2 Å². The van der Waals surface area contributed by atoms with Gasteiger partial charge in [0.05, 0.1) is 27.3 Å². The first-order chi connectivity index (χ1) is 11.7. The number of ether oxygens (including phenoxy) is 2. The van der Waals surface area contributed by atoms with Gasteiger partial charge in [0.25, 0.3) is 0 Å². The van der Waals surface area contributed by atoms with E-state index in [1.54, 1.807) is 30.2 Å². The van der Waals surface area contributed by atoms with Crippen molar-refractivity contribution < 1.29 is 19.1 Å². The van der Waals surface area contributed by atoms with Crippen LogP contribution in [-0.2, 0) is 9.59 Å². The molecule has 1 aromatic rings. The van der Waals surface area contributed by atoms with Crippen LogP contribution in [0.2, 0.25) is 0 Å². The van der Waals surface area contributed by atoms with Crippen molar-refractivity contribution >= 4 is 17.5 Å². The first-order valence-electron chi connectivity index (χ1n) is 8.23. The average Bonchev–Trinajstić information content (AvgIpc) is 2.52. The lowest BCUT2D eigenvalue weighted by molar-refractivity contribution is -0.124. The van der Waals surface area contributed by atoms with E-state index in [9.17, 15) is 9.59 Å². The van der Waals surface area contributed by atoms with Crippen molar-refractivity contribution in [2.24, 2.45) is 0 Å². The fourth-order valence-corrected chi connectivity index (χ4v) is 2.26. The number of anilines is 1. The lowest BCUT2D eigenvalue weighted by atomic mass is 10.1. The third kappa shape index (κ3) is 7.43. The number of amides is 2. The van der Waals surface area contributed by atoms with Crippen LogP contribution in [0, 0.1) is 0 Å². The van der Waals surface area contributed by atoms with E-state index < -0.39 is 0 Å². The van der Waals surface area contributed by atoms with E-state index in [2.05, 4.69) is 10.6 Å². The Bertz CT molecular complexity index is 596. The molecule has 0 radical (unpaired) electrons. The molecule has 0 fully saturated rings. The van der Waals surface area contributed by atoms with E-state index in [1.165, 1.54) is 7.11 Å². The van der Waals surface area contributed by atoms with Gasteiger partial charge in [-0.3, -0.25) is 14.5 Å². The summed E-state index contributed by atoms with van der Waals surface area (Å²) in [6, 6.07) is 5.16. The average molecular weight is 351 g/mol. The van der Waals surface area contributed by atoms with E-state index in [0.717, 1.165) is 0 Å². The predicted molar refractivity (Wildman–Crippen MR) is 98.2 cm³/mol. The Hall–Kier alpha value is -2.28. The number of benzene rings is 1. The van der Waals surface area contributed by atoms with Gasteiger partial charge >= 0.3 is 0 Å². The molecule has 0 aliphatic carbocycles. The second-order valence-electron chi connectivity index (χ2n) is 6.72. The van der Waals surface area contributed by atoms with Crippen LogP contribution in [0.15, 0.2) is 18.2 Å². The molecule has 0 saturated carbocycles. The van der Waals surface area contributed by atoms with Gasteiger partial charge in [-0.1, -0.05) is 6.92 Å². The standard InChI is InChI=1S/C18H29N3O4/c1-7-21(12-17(23)20-18(2,3)4)11-16(22)19-13-8-9-14(24-5)15(10-13)25-6/h8-10H,7,11-12H2,1-6H3,(H,19,22)(H,20,23). The molecule has 2 amide bonds. The molecular weight excluding hydrogens is 322 g/mol. The van der Waals surface area contributed by atoms with Gasteiger partial charge in [-0.25, -0.2) is 0 Å². The van der Waals surface area contributed by atoms with E-state index in [0.29, 0.717) is 23.7 Å². The summed E-state index contributed by atoms with van der Waals surface area (Å²) < 4.78 is 10.4. The maximum Gasteiger partial charge on any atom is 0.238 e. The van der Waals surface area contributed by atoms with Gasteiger partial charge in [-0.05, 0) is 39.4 Å². The van der Waals surface area contributed by atoms with Crippen LogP contribution in [0.25, 0.3) is 0 Å². The highest BCUT2D eigenvalue weighted by molar-refractivity contribution is 5.93. The number of carbonyl (C=O) groups is 2. The normalized spacial score (nSPS) is 11.2. The minimum absolute atomic E-state index is 0.103. The van der Waals surface area contributed by atoms with Crippen LogP contribution in [0.3, 0.4) is 0 Å². The monoisotopic (exact) mass is 351 g/mol. The van der Waals surface area contributed by atoms with Crippen molar-refractivity contribution in [3.63, 3.8) is 0 Å². The van der Waals surface area contributed by atoms with E-state index in [1.807, 2.05) is 27.7 Å². The summed E-state index contributed by atoms with van der Waals surface area (Å²) in [5.74, 6) is 0.831. The highest BCUT2D eigenvalue weighted by Crippen LogP contribution is 2.29. The highest BCUT2D eigenvalue weighted by Gasteiger charge is 2.18. The number of nitrogens with zero attached hydrogens (tertiary/aromatic N) is 1. The molecule has 0 saturated heterocycles. The number of nitrogens with one attached hydrogen (secondary N) is 2. The van der Waals surface area contributed by atoms with Gasteiger partial charge in [0.1, 0.15) is 0 Å². The first kappa shape index (κ1) is 20.8. The number of hydrogen-bond donors (Lipinski definition) is 2. The van der Waals surface area contributed by atoms with Crippen LogP contribution in [-0.4, -0.2) is 56.1 Å². The van der Waals surface area contributed by atoms with E-state index in [4.69, 9.17) is 9.47 Å². The molecule has 1 aromatic carbocycles. The Morgan fingerprint density at radius 3 is 2.16 bits per heavy atom. The minimum Gasteiger partial charge on any atom is -0.493 e. The molecule has 7 heteroatoms. The van der Waals surface area contributed by atoms with E-state index >= 15 is 0 Å². The lowest BCUT2D eigenvalue weighted by Gasteiger charge is -2.24. The molecule has 1 rings (SSSR count). The molecular formula is C18H29N3O4. The third-order valence-corrected chi connectivity index (χ3v) is 3.36. The molecule has 0 heterocycles. The topological polar surface area (TPSA) is 79.9 Å². The summed E-state index contributed by atoms with van der Waals surface area (Å²) in [7, 11) is 3.09. The maximum atomic E-state index is 12.2. The van der Waals surface area contributed by atoms with Gasteiger partial charge in [0.2, 0.25) is 11.8 Å². The zero-order chi connectivity index (χ0) is 19.0. The Morgan fingerprint density at radius 1 is 1.04 bits per heavy atom. The number of methoxy groups -OCH3 is 2. The molecule has 0 bridgehead atoms. The summed E-state index contributed by atoms with van der Waals surface area (Å²) in [6.45, 7) is 8.57. The van der Waals surface area contributed by atoms with Gasteiger partial charge in [-0.15, -0.1) is 0 Å². The number of carbonyl (C=O) groups excluding carboxylic acids is 2. The smallest absolute Gasteiger partial charge is 0.238 e. The summed E-state index contributed by atoms with van der Waals surface area (Å²) >= 11 is 0. The molecule has 0 aromatic heterocycles. The van der Waals surface area contributed by atoms with Crippen LogP contribution < -0.4 is 20.1 Å². The predicted octanol–water partition coefficient (Wildman–Crippen LogP) is 1.88. The van der Waals surface area contributed by atoms with Gasteiger partial charge in [0.15, 0.2) is 11.5 Å². The molecule has 0 aliphatic rings. The molecule has 2 N–H and O–H groups in total. The van der Waals surface area contributed by atoms with Gasteiger partial charge in [0, 0.05) is 17.3 Å². The molecule has 0 unspecified atom stereocenters. The molecule has 0 aliphatic heterocycles. The van der Waals surface area contributed by atoms with Crippen LogP contribution in [0.1, 0.15) is 27.7 Å². The lowest BCUT2D eigenvalue weighted by Crippen LogP contribution is -2.47. The maximum absolute atomic E-state index is 12.2. The first-order valence-corrected chi connectivity index (χ1v) is 8.23. The fourth-order valence-electron chi connectivity index (χ4n) is 2.26. The Kier molecular flexibility index (Phi) is 7.70. The Morgan fingerprint density at radius 2 is 1.64 bits per heavy atom. The molecule has 0 spiro atoms. The Balaban J connectivity index is 2.63. The molecule has 0 atom stereocenters. The van der Waals surface area contributed by atoms with Crippen LogP contribution in [0.5, 0.6) is 11.5 Å². The SMILES string of the molecule is CCN(CC(=O)Nc1ccc(OC)c(OC)c1)CC(=O)NC(C)(C)C. The summed E-state index contributed by atoms with van der Waals surface area (Å²) in [6.07, 6.45) is 0. The van der Waals surface area contributed by atoms with Gasteiger partial charge < -0.3 is 20.1 Å². The Labute approximate surface area is 149 Å². The van der Waals surface area contributed by atoms with Crippen molar-refractivity contribution in [2.45, 2.75) is 33.2 Å². The van der Waals surface area contributed by atoms with Crippen molar-refractivity contribution in [3.05, 3.63) is 18.2 Å². The molecule has 7 nitrogen and oxygen atoms in total. The minimum atomic E-state index is -0.293. The summed E-state index contributed by atoms with van der Waals surface area (Å²) in [5, 5.41) is 5.70. The second kappa shape index (κ2) is 9.27. The number of hydrogen-bond acceptors (Lipinski definition) is 5. The largest absolute Gasteiger partial charge is 0.493 e. The van der Waals surface area contributed by atoms with Gasteiger partial charge in [-0.2, -0.15) is 0 Å². The van der Waals surface area contributed by atoms with Crippen molar-refractivity contribution in [1.29, 1.82) is 0 Å². The summed E-state index contributed by atoms with van der Waals surface area (Å²) in [5.41, 5.74) is 0.316. The number of likely N-dealkylation sites (N-methyl/N-ethyl adjacent to an activating group) is 1. The highest BCUT2D eigenvalue weighted by atomic mass is 16.5. The van der Waals surface area contributed by atoms with E-state index in [-0.39, 0.29) is 30.4 Å². The van der Waals surface area contributed by atoms with Crippen LogP contribution >= 0.6 is 0 Å². The van der Waals surface area contributed by atoms with Crippen molar-refractivity contribution in [2.75, 3.05) is 39.2 Å². The fraction of sp³-hybridized carbons (Fsp3) is 0.556. The zero-order valence-electron chi connectivity index (χ0n) is 15.9. The number of rotatable bonds is 8. The second-order valence-corrected chi connectivity index (χ2v) is 6.72. The third-order valence-electron chi connectivity index (χ3n) is 3.36. The quantitative estimate of drug-likeness (QED) is 0.747. The molecule has 25 heavy (non-hydrogen) atoms.